The summed E-state index contributed by atoms with van der Waals surface area (Å²) < 4.78 is 0. The first-order chi connectivity index (χ1) is 8.20. The molecule has 0 radical (unpaired) electrons. The van der Waals surface area contributed by atoms with Gasteiger partial charge in [0.05, 0.1) is 0 Å². The summed E-state index contributed by atoms with van der Waals surface area (Å²) >= 11 is 1.83. The molecule has 2 rings (SSSR count). The number of carbonyl (C=O) groups is 1. The lowest BCUT2D eigenvalue weighted by atomic mass is 9.83. The van der Waals surface area contributed by atoms with Gasteiger partial charge in [0, 0.05) is 24.3 Å². The number of nitrogens with zero attached hydrogens (tertiary/aromatic N) is 1. The van der Waals surface area contributed by atoms with E-state index in [9.17, 15) is 4.79 Å². The van der Waals surface area contributed by atoms with Crippen LogP contribution in [0.2, 0.25) is 0 Å². The van der Waals surface area contributed by atoms with E-state index in [1.807, 2.05) is 11.8 Å². The van der Waals surface area contributed by atoms with Gasteiger partial charge in [-0.15, -0.1) is 0 Å². The Kier molecular flexibility index (Phi) is 4.31. The minimum absolute atomic E-state index is 0.235. The fraction of sp³-hybridized carbons (Fsp3) is 0.833. The van der Waals surface area contributed by atoms with Crippen molar-refractivity contribution in [2.75, 3.05) is 12.3 Å². The van der Waals surface area contributed by atoms with Crippen LogP contribution in [-0.2, 0) is 4.79 Å². The first kappa shape index (κ1) is 12.7. The zero-order valence-corrected chi connectivity index (χ0v) is 11.0. The first-order valence-electron chi connectivity index (χ1n) is 6.44. The Morgan fingerprint density at radius 2 is 2.18 bits per heavy atom. The minimum atomic E-state index is -0.235. The minimum Gasteiger partial charge on any atom is -0.370 e. The van der Waals surface area contributed by atoms with Crippen molar-refractivity contribution < 1.29 is 4.79 Å². The van der Waals surface area contributed by atoms with E-state index in [2.05, 4.69) is 10.3 Å². The summed E-state index contributed by atoms with van der Waals surface area (Å²) in [5, 5.41) is 4.66. The van der Waals surface area contributed by atoms with Gasteiger partial charge in [0.15, 0.2) is 5.17 Å². The monoisotopic (exact) mass is 255 g/mol. The Labute approximate surface area is 107 Å². The number of amides is 1. The van der Waals surface area contributed by atoms with Crippen molar-refractivity contribution >= 4 is 22.8 Å². The molecule has 0 aromatic carbocycles. The van der Waals surface area contributed by atoms with Crippen molar-refractivity contribution in [2.45, 2.75) is 50.5 Å². The van der Waals surface area contributed by atoms with Crippen LogP contribution < -0.4 is 11.1 Å². The number of hydrogen-bond acceptors (Lipinski definition) is 3. The molecule has 1 spiro atoms. The number of thioether (sulfide) groups is 1. The quantitative estimate of drug-likeness (QED) is 0.751. The lowest BCUT2D eigenvalue weighted by molar-refractivity contribution is -0.118. The van der Waals surface area contributed by atoms with Gasteiger partial charge >= 0.3 is 0 Å². The molecular weight excluding hydrogens is 234 g/mol. The number of aliphatic imine (C=N–C) groups is 1. The second kappa shape index (κ2) is 5.76. The zero-order chi connectivity index (χ0) is 12.1. The fourth-order valence-electron chi connectivity index (χ4n) is 2.52. The van der Waals surface area contributed by atoms with E-state index in [0.717, 1.165) is 17.3 Å². The summed E-state index contributed by atoms with van der Waals surface area (Å²) in [5.41, 5.74) is 5.42. The van der Waals surface area contributed by atoms with E-state index in [4.69, 9.17) is 5.73 Å². The van der Waals surface area contributed by atoms with Gasteiger partial charge in [0.25, 0.3) is 0 Å². The molecule has 0 bridgehead atoms. The van der Waals surface area contributed by atoms with Crippen molar-refractivity contribution in [2.24, 2.45) is 10.7 Å². The first-order valence-corrected chi connectivity index (χ1v) is 7.43. The summed E-state index contributed by atoms with van der Waals surface area (Å²) in [6.07, 6.45) is 7.80. The highest BCUT2D eigenvalue weighted by molar-refractivity contribution is 8.14. The third-order valence-electron chi connectivity index (χ3n) is 3.50. The molecule has 0 aromatic rings. The van der Waals surface area contributed by atoms with Crippen molar-refractivity contribution in [3.8, 4) is 0 Å². The van der Waals surface area contributed by atoms with E-state index in [1.165, 1.54) is 32.1 Å². The normalized spacial score (nSPS) is 25.1. The van der Waals surface area contributed by atoms with Crippen LogP contribution in [0.25, 0.3) is 0 Å². The lowest BCUT2D eigenvalue weighted by Gasteiger charge is -2.32. The van der Waals surface area contributed by atoms with Crippen LogP contribution in [0.1, 0.15) is 44.9 Å². The molecule has 96 valence electrons. The predicted molar refractivity (Wildman–Crippen MR) is 72.1 cm³/mol. The Balaban J connectivity index is 1.76. The van der Waals surface area contributed by atoms with Crippen molar-refractivity contribution in [3.63, 3.8) is 0 Å². The van der Waals surface area contributed by atoms with E-state index >= 15 is 0 Å². The number of rotatable bonds is 4. The number of carbonyl (C=O) groups excluding carboxylic acids is 1. The molecular formula is C12H21N3OS. The summed E-state index contributed by atoms with van der Waals surface area (Å²) in [5.74, 6) is 0.919. The number of primary amides is 1. The molecule has 1 aliphatic carbocycles. The smallest absolute Gasteiger partial charge is 0.217 e. The molecule has 0 unspecified atom stereocenters. The molecule has 1 amide bonds. The van der Waals surface area contributed by atoms with Gasteiger partial charge in [0.2, 0.25) is 5.91 Å². The standard InChI is InChI=1S/C12H21N3OS/c13-10(16)5-4-8-14-11-15-12(9-17-11)6-2-1-3-7-12/h1-9H2,(H2,13,16)(H,14,15). The third-order valence-corrected chi connectivity index (χ3v) is 4.71. The summed E-state index contributed by atoms with van der Waals surface area (Å²) in [7, 11) is 0. The van der Waals surface area contributed by atoms with E-state index in [1.54, 1.807) is 0 Å². The van der Waals surface area contributed by atoms with Crippen LogP contribution in [0.15, 0.2) is 4.99 Å². The Hall–Kier alpha value is -0.710. The number of nitrogens with two attached hydrogens (primary N) is 1. The van der Waals surface area contributed by atoms with E-state index in [0.29, 0.717) is 18.5 Å². The average Bonchev–Trinajstić information content (AvgIpc) is 2.69. The van der Waals surface area contributed by atoms with Gasteiger partial charge in [-0.25, -0.2) is 0 Å². The highest BCUT2D eigenvalue weighted by Crippen LogP contribution is 2.36. The molecule has 1 saturated carbocycles. The third kappa shape index (κ3) is 3.63. The molecule has 0 atom stereocenters. The molecule has 17 heavy (non-hydrogen) atoms. The molecule has 5 heteroatoms. The largest absolute Gasteiger partial charge is 0.370 e. The van der Waals surface area contributed by atoms with Crippen LogP contribution in [0.5, 0.6) is 0 Å². The van der Waals surface area contributed by atoms with Gasteiger partial charge in [-0.2, -0.15) is 0 Å². The molecule has 4 nitrogen and oxygen atoms in total. The predicted octanol–water partition coefficient (Wildman–Crippen LogP) is 1.65. The number of hydrogen-bond donors (Lipinski definition) is 2. The van der Waals surface area contributed by atoms with Gasteiger partial charge in [-0.1, -0.05) is 31.0 Å². The molecule has 2 aliphatic rings. The number of amidine groups is 1. The van der Waals surface area contributed by atoms with Gasteiger partial charge in [-0.05, 0) is 19.3 Å². The highest BCUT2D eigenvalue weighted by Gasteiger charge is 2.37. The summed E-state index contributed by atoms with van der Waals surface area (Å²) in [6, 6.07) is 0. The van der Waals surface area contributed by atoms with Gasteiger partial charge in [-0.3, -0.25) is 9.79 Å². The van der Waals surface area contributed by atoms with Gasteiger partial charge in [0.1, 0.15) is 0 Å². The SMILES string of the molecule is NC(=O)CCCN=C1NC2(CCCCC2)CS1. The maximum atomic E-state index is 10.6. The lowest BCUT2D eigenvalue weighted by Crippen LogP contribution is -2.45. The molecule has 0 aromatic heterocycles. The van der Waals surface area contributed by atoms with Crippen LogP contribution in [-0.4, -0.2) is 28.9 Å². The van der Waals surface area contributed by atoms with Crippen LogP contribution in [0, 0.1) is 0 Å². The maximum absolute atomic E-state index is 10.6. The van der Waals surface area contributed by atoms with Crippen LogP contribution >= 0.6 is 11.8 Å². The molecule has 1 heterocycles. The Bertz CT molecular complexity index is 311. The Morgan fingerprint density at radius 1 is 1.41 bits per heavy atom. The van der Waals surface area contributed by atoms with Crippen molar-refractivity contribution in [3.05, 3.63) is 0 Å². The van der Waals surface area contributed by atoms with Crippen molar-refractivity contribution in [1.29, 1.82) is 0 Å². The molecule has 1 aliphatic heterocycles. The zero-order valence-electron chi connectivity index (χ0n) is 10.2. The molecule has 3 N–H and O–H groups in total. The average molecular weight is 255 g/mol. The topological polar surface area (TPSA) is 67.5 Å². The van der Waals surface area contributed by atoms with E-state index in [-0.39, 0.29) is 5.91 Å². The summed E-state index contributed by atoms with van der Waals surface area (Å²) in [6.45, 7) is 0.703. The van der Waals surface area contributed by atoms with Crippen LogP contribution in [0.4, 0.5) is 0 Å². The maximum Gasteiger partial charge on any atom is 0.217 e. The summed E-state index contributed by atoms with van der Waals surface area (Å²) in [4.78, 5) is 15.1. The Morgan fingerprint density at radius 3 is 2.88 bits per heavy atom. The van der Waals surface area contributed by atoms with Crippen LogP contribution in [0.3, 0.4) is 0 Å². The fourth-order valence-corrected chi connectivity index (χ4v) is 3.77. The van der Waals surface area contributed by atoms with E-state index < -0.39 is 0 Å². The second-order valence-electron chi connectivity index (χ2n) is 5.01. The van der Waals surface area contributed by atoms with Gasteiger partial charge < -0.3 is 11.1 Å². The highest BCUT2D eigenvalue weighted by atomic mass is 32.2. The molecule has 1 saturated heterocycles. The second-order valence-corrected chi connectivity index (χ2v) is 5.98. The van der Waals surface area contributed by atoms with Crippen molar-refractivity contribution in [1.82, 2.24) is 5.32 Å². The number of nitrogens with one attached hydrogen (secondary N) is 1. The molecule has 2 fully saturated rings.